The Bertz CT molecular complexity index is 643. The van der Waals surface area contributed by atoms with Crippen LogP contribution in [0, 0.1) is 5.41 Å². The van der Waals surface area contributed by atoms with Crippen LogP contribution in [0.2, 0.25) is 0 Å². The van der Waals surface area contributed by atoms with E-state index < -0.39 is 17.0 Å². The van der Waals surface area contributed by atoms with Gasteiger partial charge < -0.3 is 9.84 Å². The molecule has 2 rings (SSSR count). The van der Waals surface area contributed by atoms with E-state index in [1.54, 1.807) is 18.7 Å². The summed E-state index contributed by atoms with van der Waals surface area (Å²) in [6.07, 6.45) is 1.89. The Balaban J connectivity index is 2.24. The lowest BCUT2D eigenvalue weighted by Crippen LogP contribution is -2.39. The molecule has 1 N–H and O–H groups in total. The molecule has 5 nitrogen and oxygen atoms in total. The third kappa shape index (κ3) is 4.28. The lowest BCUT2D eigenvalue weighted by Gasteiger charge is -2.32. The summed E-state index contributed by atoms with van der Waals surface area (Å²) in [5.74, 6) is -0.810. The number of carbonyl (C=O) groups excluding carboxylic acids is 1. The number of carboxylic acid groups (broad SMARTS) is 1. The number of nitrogens with zero attached hydrogens (tertiary/aromatic N) is 1. The summed E-state index contributed by atoms with van der Waals surface area (Å²) in [4.78, 5) is 25.4. The number of hydrogen-bond donors (Lipinski definition) is 1. The van der Waals surface area contributed by atoms with Crippen molar-refractivity contribution in [2.75, 3.05) is 11.4 Å². The topological polar surface area (TPSA) is 66.8 Å². The monoisotopic (exact) mass is 333 g/mol. The zero-order valence-electron chi connectivity index (χ0n) is 15.2. The minimum atomic E-state index is -0.812. The summed E-state index contributed by atoms with van der Waals surface area (Å²) < 4.78 is 5.49. The predicted octanol–water partition coefficient (Wildman–Crippen LogP) is 4.03. The average Bonchev–Trinajstić information content (AvgIpc) is 2.44. The Morgan fingerprint density at radius 3 is 2.46 bits per heavy atom. The van der Waals surface area contributed by atoms with Crippen molar-refractivity contribution in [1.82, 2.24) is 0 Å². The fourth-order valence-electron chi connectivity index (χ4n) is 2.85. The van der Waals surface area contributed by atoms with Crippen LogP contribution in [0.25, 0.3) is 0 Å². The molecule has 0 aromatic heterocycles. The molecule has 0 spiro atoms. The first kappa shape index (κ1) is 18.3. The molecule has 132 valence electrons. The second kappa shape index (κ2) is 6.46. The molecule has 0 saturated heterocycles. The van der Waals surface area contributed by atoms with Crippen LogP contribution in [0.1, 0.15) is 52.2 Å². The Morgan fingerprint density at radius 1 is 1.21 bits per heavy atom. The Labute approximate surface area is 143 Å². The first-order valence-corrected chi connectivity index (χ1v) is 8.35. The maximum Gasteiger partial charge on any atom is 0.414 e. The van der Waals surface area contributed by atoms with Crippen LogP contribution >= 0.6 is 0 Å². The van der Waals surface area contributed by atoms with Gasteiger partial charge in [0.2, 0.25) is 0 Å². The van der Waals surface area contributed by atoms with Crippen LogP contribution in [0.5, 0.6) is 0 Å². The highest BCUT2D eigenvalue weighted by atomic mass is 16.6. The van der Waals surface area contributed by atoms with Crippen molar-refractivity contribution in [3.8, 4) is 0 Å². The summed E-state index contributed by atoms with van der Waals surface area (Å²) >= 11 is 0. The number of carbonyl (C=O) groups is 2. The normalized spacial score (nSPS) is 15.0. The lowest BCUT2D eigenvalue weighted by molar-refractivity contribution is -0.146. The highest BCUT2D eigenvalue weighted by Crippen LogP contribution is 2.31. The number of hydrogen-bond acceptors (Lipinski definition) is 3. The zero-order chi connectivity index (χ0) is 18.1. The number of carboxylic acids is 1. The summed E-state index contributed by atoms with van der Waals surface area (Å²) in [6.45, 7) is 9.65. The number of aryl methyl sites for hydroxylation is 1. The van der Waals surface area contributed by atoms with Gasteiger partial charge >= 0.3 is 12.1 Å². The molecule has 1 amide bonds. The minimum absolute atomic E-state index is 0.331. The van der Waals surface area contributed by atoms with Crippen molar-refractivity contribution in [1.29, 1.82) is 0 Å². The number of anilines is 1. The van der Waals surface area contributed by atoms with Crippen LogP contribution in [0.4, 0.5) is 10.5 Å². The Morgan fingerprint density at radius 2 is 1.88 bits per heavy atom. The van der Waals surface area contributed by atoms with Crippen molar-refractivity contribution in [2.24, 2.45) is 5.41 Å². The van der Waals surface area contributed by atoms with Gasteiger partial charge in [-0.2, -0.15) is 0 Å². The van der Waals surface area contributed by atoms with Crippen molar-refractivity contribution < 1.29 is 19.4 Å². The van der Waals surface area contributed by atoms with E-state index in [1.807, 2.05) is 39.0 Å². The third-order valence-electron chi connectivity index (χ3n) is 4.10. The van der Waals surface area contributed by atoms with Gasteiger partial charge in [0, 0.05) is 6.54 Å². The smallest absolute Gasteiger partial charge is 0.414 e. The van der Waals surface area contributed by atoms with E-state index in [4.69, 9.17) is 4.74 Å². The standard InChI is InChI=1S/C19H27NO4/c1-18(2,3)24-17(23)20-10-6-7-14-11-13(8-9-15(14)20)12-19(4,5)16(21)22/h8-9,11H,6-7,10,12H2,1-5H3,(H,21,22). The van der Waals surface area contributed by atoms with E-state index >= 15 is 0 Å². The van der Waals surface area contributed by atoms with E-state index in [9.17, 15) is 14.7 Å². The number of aliphatic carboxylic acids is 1. The van der Waals surface area contributed by atoms with Gasteiger partial charge in [-0.3, -0.25) is 9.69 Å². The molecule has 0 radical (unpaired) electrons. The van der Waals surface area contributed by atoms with Gasteiger partial charge in [-0.15, -0.1) is 0 Å². The van der Waals surface area contributed by atoms with E-state index in [2.05, 4.69) is 0 Å². The summed E-state index contributed by atoms with van der Waals surface area (Å²) in [6, 6.07) is 5.84. The molecule has 1 aliphatic rings. The molecule has 0 atom stereocenters. The van der Waals surface area contributed by atoms with Crippen molar-refractivity contribution in [2.45, 2.75) is 59.5 Å². The molecule has 0 fully saturated rings. The molecule has 0 unspecified atom stereocenters. The SMILES string of the molecule is CC(C)(C)OC(=O)N1CCCc2cc(CC(C)(C)C(=O)O)ccc21. The molecule has 5 heteroatoms. The van der Waals surface area contributed by atoms with Crippen molar-refractivity contribution in [3.63, 3.8) is 0 Å². The van der Waals surface area contributed by atoms with Gasteiger partial charge in [-0.05, 0) is 71.1 Å². The maximum atomic E-state index is 12.4. The Hall–Kier alpha value is -2.04. The van der Waals surface area contributed by atoms with Crippen LogP contribution in [-0.2, 0) is 22.4 Å². The number of ether oxygens (including phenoxy) is 1. The molecule has 1 aliphatic heterocycles. The highest BCUT2D eigenvalue weighted by molar-refractivity contribution is 5.89. The zero-order valence-corrected chi connectivity index (χ0v) is 15.2. The quantitative estimate of drug-likeness (QED) is 0.907. The number of rotatable bonds is 3. The fourth-order valence-corrected chi connectivity index (χ4v) is 2.85. The molecule has 1 aromatic carbocycles. The molecular formula is C19H27NO4. The molecule has 0 bridgehead atoms. The molecular weight excluding hydrogens is 306 g/mol. The summed E-state index contributed by atoms with van der Waals surface area (Å²) in [7, 11) is 0. The molecule has 1 heterocycles. The first-order valence-electron chi connectivity index (χ1n) is 8.35. The number of fused-ring (bicyclic) bond motifs is 1. The van der Waals surface area contributed by atoms with Gasteiger partial charge in [0.25, 0.3) is 0 Å². The van der Waals surface area contributed by atoms with Crippen LogP contribution < -0.4 is 4.90 Å². The predicted molar refractivity (Wildman–Crippen MR) is 93.5 cm³/mol. The summed E-state index contributed by atoms with van der Waals surface area (Å²) in [5, 5.41) is 9.29. The Kier molecular flexibility index (Phi) is 4.92. The average molecular weight is 333 g/mol. The first-order chi connectivity index (χ1) is 11.0. The van der Waals surface area contributed by atoms with Crippen LogP contribution in [-0.4, -0.2) is 29.3 Å². The number of amides is 1. The largest absolute Gasteiger partial charge is 0.481 e. The van der Waals surface area contributed by atoms with Gasteiger partial charge in [-0.25, -0.2) is 4.79 Å². The van der Waals surface area contributed by atoms with Crippen LogP contribution in [0.3, 0.4) is 0 Å². The van der Waals surface area contributed by atoms with Gasteiger partial charge in [0.15, 0.2) is 0 Å². The second-order valence-electron chi connectivity index (χ2n) is 8.06. The van der Waals surface area contributed by atoms with Gasteiger partial charge in [0.05, 0.1) is 11.1 Å². The van der Waals surface area contributed by atoms with E-state index in [1.165, 1.54) is 0 Å². The van der Waals surface area contributed by atoms with E-state index in [-0.39, 0.29) is 6.09 Å². The fraction of sp³-hybridized carbons (Fsp3) is 0.579. The van der Waals surface area contributed by atoms with E-state index in [0.717, 1.165) is 29.7 Å². The molecule has 24 heavy (non-hydrogen) atoms. The van der Waals surface area contributed by atoms with Crippen molar-refractivity contribution in [3.05, 3.63) is 29.3 Å². The molecule has 0 saturated carbocycles. The minimum Gasteiger partial charge on any atom is -0.481 e. The maximum absolute atomic E-state index is 12.4. The lowest BCUT2D eigenvalue weighted by atomic mass is 9.85. The highest BCUT2D eigenvalue weighted by Gasteiger charge is 2.30. The number of benzene rings is 1. The third-order valence-corrected chi connectivity index (χ3v) is 4.10. The molecule has 0 aliphatic carbocycles. The van der Waals surface area contributed by atoms with E-state index in [0.29, 0.717) is 13.0 Å². The molecule has 1 aromatic rings. The van der Waals surface area contributed by atoms with Gasteiger partial charge in [0.1, 0.15) is 5.60 Å². The van der Waals surface area contributed by atoms with Crippen LogP contribution in [0.15, 0.2) is 18.2 Å². The second-order valence-corrected chi connectivity index (χ2v) is 8.06. The summed E-state index contributed by atoms with van der Waals surface area (Å²) in [5.41, 5.74) is 1.58. The van der Waals surface area contributed by atoms with Gasteiger partial charge in [-0.1, -0.05) is 12.1 Å². The van der Waals surface area contributed by atoms with Crippen molar-refractivity contribution >= 4 is 17.7 Å².